The zero-order valence-electron chi connectivity index (χ0n) is 14.8. The number of carbonyl (C=O) groups is 1. The Balaban J connectivity index is 1.55. The van der Waals surface area contributed by atoms with Crippen molar-refractivity contribution < 1.29 is 9.53 Å². The van der Waals surface area contributed by atoms with E-state index in [0.29, 0.717) is 31.3 Å². The third-order valence-electron chi connectivity index (χ3n) is 3.86. The van der Waals surface area contributed by atoms with Crippen molar-refractivity contribution in [3.63, 3.8) is 0 Å². The number of hydrogen-bond acceptors (Lipinski definition) is 5. The Morgan fingerprint density at radius 3 is 2.92 bits per heavy atom. The first kappa shape index (κ1) is 19.1. The standard InChI is InChI=1S/C17H28N6O2/c1-14-3-4-15(21-13-14)22-16(24)5-7-20-17(18)19-6-2-8-23-9-11-25-12-10-23/h3-4,13H,2,5-12H2,1H3,(H3,18,19,20)(H,21,22,24). The van der Waals surface area contributed by atoms with Gasteiger partial charge < -0.3 is 21.1 Å². The highest BCUT2D eigenvalue weighted by atomic mass is 16.5. The number of nitrogens with one attached hydrogen (secondary N) is 2. The molecule has 25 heavy (non-hydrogen) atoms. The van der Waals surface area contributed by atoms with E-state index in [1.807, 2.05) is 13.0 Å². The number of pyridine rings is 1. The molecule has 2 heterocycles. The zero-order chi connectivity index (χ0) is 17.9. The molecule has 1 aromatic heterocycles. The lowest BCUT2D eigenvalue weighted by molar-refractivity contribution is -0.116. The number of rotatable bonds is 8. The molecule has 4 N–H and O–H groups in total. The van der Waals surface area contributed by atoms with Crippen LogP contribution in [0.5, 0.6) is 0 Å². The molecule has 1 aliphatic heterocycles. The van der Waals surface area contributed by atoms with Gasteiger partial charge in [-0.25, -0.2) is 4.98 Å². The number of carbonyl (C=O) groups excluding carboxylic acids is 1. The summed E-state index contributed by atoms with van der Waals surface area (Å²) in [6.07, 6.45) is 2.98. The fraction of sp³-hybridized carbons (Fsp3) is 0.588. The lowest BCUT2D eigenvalue weighted by Crippen LogP contribution is -2.37. The molecular weight excluding hydrogens is 320 g/mol. The summed E-state index contributed by atoms with van der Waals surface area (Å²) in [6.45, 7) is 7.68. The Morgan fingerprint density at radius 2 is 2.20 bits per heavy atom. The van der Waals surface area contributed by atoms with Gasteiger partial charge in [0.1, 0.15) is 5.82 Å². The Labute approximate surface area is 148 Å². The van der Waals surface area contributed by atoms with Crippen LogP contribution in [-0.2, 0) is 9.53 Å². The van der Waals surface area contributed by atoms with Gasteiger partial charge in [-0.3, -0.25) is 14.7 Å². The van der Waals surface area contributed by atoms with Crippen LogP contribution in [0.4, 0.5) is 5.82 Å². The smallest absolute Gasteiger partial charge is 0.227 e. The predicted molar refractivity (Wildman–Crippen MR) is 98.6 cm³/mol. The van der Waals surface area contributed by atoms with Crippen molar-refractivity contribution in [2.75, 3.05) is 51.3 Å². The first-order valence-electron chi connectivity index (χ1n) is 8.70. The Kier molecular flexibility index (Phi) is 8.14. The summed E-state index contributed by atoms with van der Waals surface area (Å²) in [5.74, 6) is 0.826. The maximum absolute atomic E-state index is 11.8. The molecule has 0 saturated carbocycles. The SMILES string of the molecule is Cc1ccc(NC(=O)CCNC(N)=NCCCN2CCOCC2)nc1. The number of hydrogen-bond donors (Lipinski definition) is 3. The molecule has 0 spiro atoms. The topological polar surface area (TPSA) is 105 Å². The van der Waals surface area contributed by atoms with Crippen LogP contribution >= 0.6 is 0 Å². The van der Waals surface area contributed by atoms with Crippen LogP contribution < -0.4 is 16.4 Å². The van der Waals surface area contributed by atoms with Crippen LogP contribution in [0.1, 0.15) is 18.4 Å². The van der Waals surface area contributed by atoms with E-state index in [-0.39, 0.29) is 5.91 Å². The van der Waals surface area contributed by atoms with Crippen LogP contribution in [-0.4, -0.2) is 67.7 Å². The van der Waals surface area contributed by atoms with Crippen molar-refractivity contribution in [2.24, 2.45) is 10.7 Å². The minimum absolute atomic E-state index is 0.107. The maximum atomic E-state index is 11.8. The van der Waals surface area contributed by atoms with E-state index in [0.717, 1.165) is 44.8 Å². The van der Waals surface area contributed by atoms with Gasteiger partial charge in [-0.2, -0.15) is 0 Å². The minimum Gasteiger partial charge on any atom is -0.379 e. The molecule has 0 atom stereocenters. The van der Waals surface area contributed by atoms with E-state index in [2.05, 4.69) is 25.5 Å². The normalized spacial score (nSPS) is 15.8. The molecule has 1 amide bonds. The fourth-order valence-corrected chi connectivity index (χ4v) is 2.43. The van der Waals surface area contributed by atoms with E-state index in [1.165, 1.54) is 0 Å². The van der Waals surface area contributed by atoms with Crippen molar-refractivity contribution in [3.8, 4) is 0 Å². The molecule has 0 bridgehead atoms. The monoisotopic (exact) mass is 348 g/mol. The van der Waals surface area contributed by atoms with Crippen LogP contribution in [0.25, 0.3) is 0 Å². The van der Waals surface area contributed by atoms with Crippen LogP contribution in [0, 0.1) is 6.92 Å². The number of nitrogens with zero attached hydrogens (tertiary/aromatic N) is 3. The number of aromatic nitrogens is 1. The molecule has 8 heteroatoms. The summed E-state index contributed by atoms with van der Waals surface area (Å²) in [5, 5.41) is 5.70. The largest absolute Gasteiger partial charge is 0.379 e. The highest BCUT2D eigenvalue weighted by Crippen LogP contribution is 2.04. The molecule has 138 valence electrons. The summed E-state index contributed by atoms with van der Waals surface area (Å²) >= 11 is 0. The van der Waals surface area contributed by atoms with Gasteiger partial charge in [0.05, 0.1) is 13.2 Å². The van der Waals surface area contributed by atoms with Crippen LogP contribution in [0.2, 0.25) is 0 Å². The van der Waals surface area contributed by atoms with Gasteiger partial charge in [-0.1, -0.05) is 6.07 Å². The Bertz CT molecular complexity index is 555. The van der Waals surface area contributed by atoms with Gasteiger partial charge in [-0.05, 0) is 25.0 Å². The van der Waals surface area contributed by atoms with Crippen molar-refractivity contribution in [2.45, 2.75) is 19.8 Å². The molecule has 2 rings (SSSR count). The van der Waals surface area contributed by atoms with E-state index < -0.39 is 0 Å². The Hall–Kier alpha value is -2.19. The van der Waals surface area contributed by atoms with Gasteiger partial charge in [0.25, 0.3) is 0 Å². The van der Waals surface area contributed by atoms with E-state index in [9.17, 15) is 4.79 Å². The summed E-state index contributed by atoms with van der Waals surface area (Å²) in [4.78, 5) is 22.6. The van der Waals surface area contributed by atoms with E-state index in [4.69, 9.17) is 10.5 Å². The van der Waals surface area contributed by atoms with Crippen LogP contribution in [0.3, 0.4) is 0 Å². The molecule has 0 aromatic carbocycles. The average molecular weight is 348 g/mol. The van der Waals surface area contributed by atoms with Crippen molar-refractivity contribution >= 4 is 17.7 Å². The number of aliphatic imine (C=N–C) groups is 1. The van der Waals surface area contributed by atoms with Gasteiger partial charge >= 0.3 is 0 Å². The summed E-state index contributed by atoms with van der Waals surface area (Å²) in [7, 11) is 0. The molecule has 8 nitrogen and oxygen atoms in total. The molecule has 1 saturated heterocycles. The fourth-order valence-electron chi connectivity index (χ4n) is 2.43. The molecule has 1 aliphatic rings. The maximum Gasteiger partial charge on any atom is 0.227 e. The highest BCUT2D eigenvalue weighted by molar-refractivity contribution is 5.90. The first-order valence-corrected chi connectivity index (χ1v) is 8.70. The number of guanidine groups is 1. The number of nitrogens with two attached hydrogens (primary N) is 1. The van der Waals surface area contributed by atoms with Gasteiger partial charge in [0.15, 0.2) is 5.96 Å². The summed E-state index contributed by atoms with van der Waals surface area (Å²) < 4.78 is 5.31. The third kappa shape index (κ3) is 7.95. The quantitative estimate of drug-likeness (QED) is 0.356. The van der Waals surface area contributed by atoms with E-state index in [1.54, 1.807) is 12.3 Å². The predicted octanol–water partition coefficient (Wildman–Crippen LogP) is 0.345. The average Bonchev–Trinajstić information content (AvgIpc) is 2.62. The molecule has 1 fully saturated rings. The molecular formula is C17H28N6O2. The third-order valence-corrected chi connectivity index (χ3v) is 3.86. The first-order chi connectivity index (χ1) is 12.1. The molecule has 1 aromatic rings. The number of morpholine rings is 1. The summed E-state index contributed by atoms with van der Waals surface area (Å²) in [6, 6.07) is 3.69. The second kappa shape index (κ2) is 10.6. The second-order valence-corrected chi connectivity index (χ2v) is 6.02. The summed E-state index contributed by atoms with van der Waals surface area (Å²) in [5.41, 5.74) is 6.86. The number of ether oxygens (including phenoxy) is 1. The number of anilines is 1. The highest BCUT2D eigenvalue weighted by Gasteiger charge is 2.09. The lowest BCUT2D eigenvalue weighted by Gasteiger charge is -2.26. The Morgan fingerprint density at radius 1 is 1.40 bits per heavy atom. The molecule has 0 unspecified atom stereocenters. The second-order valence-electron chi connectivity index (χ2n) is 6.02. The van der Waals surface area contributed by atoms with Crippen molar-refractivity contribution in [1.29, 1.82) is 0 Å². The van der Waals surface area contributed by atoms with Crippen molar-refractivity contribution in [1.82, 2.24) is 15.2 Å². The van der Waals surface area contributed by atoms with E-state index >= 15 is 0 Å². The minimum atomic E-state index is -0.107. The molecule has 0 radical (unpaired) electrons. The van der Waals surface area contributed by atoms with Crippen molar-refractivity contribution in [3.05, 3.63) is 23.9 Å². The van der Waals surface area contributed by atoms with Crippen LogP contribution in [0.15, 0.2) is 23.3 Å². The number of amides is 1. The zero-order valence-corrected chi connectivity index (χ0v) is 14.8. The molecule has 0 aliphatic carbocycles. The number of aryl methyl sites for hydroxylation is 1. The van der Waals surface area contributed by atoms with Gasteiger partial charge in [-0.15, -0.1) is 0 Å². The van der Waals surface area contributed by atoms with Gasteiger partial charge in [0, 0.05) is 45.3 Å². The van der Waals surface area contributed by atoms with Gasteiger partial charge in [0.2, 0.25) is 5.91 Å². The lowest BCUT2D eigenvalue weighted by atomic mass is 10.3.